The van der Waals surface area contributed by atoms with E-state index in [1.165, 1.54) is 6.20 Å². The number of carbonyl (C=O) groups is 1. The Kier molecular flexibility index (Phi) is 3.05. The Balaban J connectivity index is 1.66. The fourth-order valence-electron chi connectivity index (χ4n) is 3.00. The van der Waals surface area contributed by atoms with Gasteiger partial charge in [-0.15, -0.1) is 0 Å². The average molecular weight is 352 g/mol. The molecule has 0 radical (unpaired) electrons. The van der Waals surface area contributed by atoms with E-state index in [-0.39, 0.29) is 19.1 Å². The van der Waals surface area contributed by atoms with Crippen molar-refractivity contribution in [1.82, 2.24) is 4.98 Å². The second kappa shape index (κ2) is 5.41. The molecule has 0 unspecified atom stereocenters. The Morgan fingerprint density at radius 2 is 1.65 bits per heavy atom. The highest BCUT2D eigenvalue weighted by Crippen LogP contribution is 2.41. The van der Waals surface area contributed by atoms with Crippen LogP contribution in [0.3, 0.4) is 0 Å². The highest BCUT2D eigenvalue weighted by Gasteiger charge is 2.21. The minimum atomic E-state index is -1.08. The molecule has 0 saturated heterocycles. The van der Waals surface area contributed by atoms with Gasteiger partial charge < -0.3 is 29.4 Å². The minimum absolute atomic E-state index is 0.0500. The SMILES string of the molecule is O=C(O)c1cnc2cc3c(cc2c1Nc1ccc2c(c1)OCO2)OCO3. The molecule has 0 aliphatic carbocycles. The third-order valence-electron chi connectivity index (χ3n) is 4.23. The van der Waals surface area contributed by atoms with Crippen molar-refractivity contribution in [1.29, 1.82) is 0 Å². The van der Waals surface area contributed by atoms with Gasteiger partial charge in [-0.1, -0.05) is 0 Å². The topological polar surface area (TPSA) is 99.1 Å². The van der Waals surface area contributed by atoms with Crippen molar-refractivity contribution in [2.24, 2.45) is 0 Å². The molecule has 2 aliphatic heterocycles. The van der Waals surface area contributed by atoms with E-state index in [1.807, 2.05) is 0 Å². The number of nitrogens with zero attached hydrogens (tertiary/aromatic N) is 1. The van der Waals surface area contributed by atoms with E-state index in [9.17, 15) is 9.90 Å². The van der Waals surface area contributed by atoms with Crippen LogP contribution in [0.4, 0.5) is 11.4 Å². The number of ether oxygens (including phenoxy) is 4. The van der Waals surface area contributed by atoms with Gasteiger partial charge in [-0.25, -0.2) is 4.79 Å². The van der Waals surface area contributed by atoms with E-state index >= 15 is 0 Å². The number of aromatic nitrogens is 1. The van der Waals surface area contributed by atoms with Crippen LogP contribution in [-0.4, -0.2) is 29.6 Å². The lowest BCUT2D eigenvalue weighted by atomic mass is 10.1. The van der Waals surface area contributed by atoms with E-state index in [4.69, 9.17) is 18.9 Å². The number of hydrogen-bond donors (Lipinski definition) is 2. The quantitative estimate of drug-likeness (QED) is 0.742. The summed E-state index contributed by atoms with van der Waals surface area (Å²) in [4.78, 5) is 15.9. The summed E-state index contributed by atoms with van der Waals surface area (Å²) in [5.74, 6) is 1.30. The van der Waals surface area contributed by atoms with Gasteiger partial charge in [-0.05, 0) is 18.2 Å². The second-order valence-electron chi connectivity index (χ2n) is 5.77. The van der Waals surface area contributed by atoms with Gasteiger partial charge in [0.05, 0.1) is 11.2 Å². The number of aromatic carboxylic acids is 1. The molecule has 0 amide bonds. The van der Waals surface area contributed by atoms with Crippen molar-refractivity contribution in [3.8, 4) is 23.0 Å². The zero-order valence-electron chi connectivity index (χ0n) is 13.3. The van der Waals surface area contributed by atoms with E-state index in [0.717, 1.165) is 0 Å². The largest absolute Gasteiger partial charge is 0.478 e. The lowest BCUT2D eigenvalue weighted by molar-refractivity contribution is 0.0697. The van der Waals surface area contributed by atoms with Gasteiger partial charge >= 0.3 is 5.97 Å². The van der Waals surface area contributed by atoms with Crippen LogP contribution in [0.2, 0.25) is 0 Å². The van der Waals surface area contributed by atoms with Crippen LogP contribution in [0, 0.1) is 0 Å². The van der Waals surface area contributed by atoms with Gasteiger partial charge in [0.2, 0.25) is 13.6 Å². The van der Waals surface area contributed by atoms with Gasteiger partial charge in [0.25, 0.3) is 0 Å². The van der Waals surface area contributed by atoms with Crippen molar-refractivity contribution in [2.75, 3.05) is 18.9 Å². The summed E-state index contributed by atoms with van der Waals surface area (Å²) in [6, 6.07) is 8.77. The standard InChI is InChI=1S/C18H12N2O6/c21-18(22)11-6-19-12-5-16-15(25-8-26-16)4-10(12)17(11)20-9-1-2-13-14(3-9)24-7-23-13/h1-6H,7-8H2,(H,19,20)(H,21,22). The number of pyridine rings is 1. The first-order valence-electron chi connectivity index (χ1n) is 7.81. The van der Waals surface area contributed by atoms with Gasteiger partial charge in [-0.3, -0.25) is 4.98 Å². The highest BCUT2D eigenvalue weighted by atomic mass is 16.7. The lowest BCUT2D eigenvalue weighted by Crippen LogP contribution is -2.04. The molecule has 2 N–H and O–H groups in total. The Labute approximate surface area is 146 Å². The molecular weight excluding hydrogens is 340 g/mol. The minimum Gasteiger partial charge on any atom is -0.478 e. The molecule has 130 valence electrons. The van der Waals surface area contributed by atoms with Gasteiger partial charge in [-0.2, -0.15) is 0 Å². The summed E-state index contributed by atoms with van der Waals surface area (Å²) in [5, 5.41) is 13.4. The van der Waals surface area contributed by atoms with Crippen molar-refractivity contribution in [3.63, 3.8) is 0 Å². The smallest absolute Gasteiger partial charge is 0.339 e. The molecule has 0 bridgehead atoms. The summed E-state index contributed by atoms with van der Waals surface area (Å²) < 4.78 is 21.5. The molecule has 8 nitrogen and oxygen atoms in total. The van der Waals surface area contributed by atoms with Crippen LogP contribution in [0.5, 0.6) is 23.0 Å². The number of benzene rings is 2. The Hall–Kier alpha value is -3.68. The predicted molar refractivity (Wildman–Crippen MR) is 90.7 cm³/mol. The first kappa shape index (κ1) is 14.6. The summed E-state index contributed by atoms with van der Waals surface area (Å²) in [5.41, 5.74) is 1.73. The fraction of sp³-hybridized carbons (Fsp3) is 0.111. The van der Waals surface area contributed by atoms with Gasteiger partial charge in [0.15, 0.2) is 23.0 Å². The Bertz CT molecular complexity index is 1070. The first-order chi connectivity index (χ1) is 12.7. The van der Waals surface area contributed by atoms with Gasteiger partial charge in [0, 0.05) is 29.4 Å². The average Bonchev–Trinajstić information content (AvgIpc) is 3.28. The molecule has 3 heterocycles. The first-order valence-corrected chi connectivity index (χ1v) is 7.81. The van der Waals surface area contributed by atoms with E-state index < -0.39 is 5.97 Å². The van der Waals surface area contributed by atoms with Crippen molar-refractivity contribution >= 4 is 28.2 Å². The lowest BCUT2D eigenvalue weighted by Gasteiger charge is -2.13. The number of fused-ring (bicyclic) bond motifs is 3. The van der Waals surface area contributed by atoms with Gasteiger partial charge in [0.1, 0.15) is 5.56 Å². The number of carboxylic acid groups (broad SMARTS) is 1. The van der Waals surface area contributed by atoms with Crippen LogP contribution in [0.1, 0.15) is 10.4 Å². The molecule has 0 atom stereocenters. The summed E-state index contributed by atoms with van der Waals surface area (Å²) in [6.07, 6.45) is 1.32. The van der Waals surface area contributed by atoms with Crippen molar-refractivity contribution in [3.05, 3.63) is 42.1 Å². The molecule has 26 heavy (non-hydrogen) atoms. The van der Waals surface area contributed by atoms with Crippen LogP contribution in [0.25, 0.3) is 10.9 Å². The maximum Gasteiger partial charge on any atom is 0.339 e. The third kappa shape index (κ3) is 2.23. The summed E-state index contributed by atoms with van der Waals surface area (Å²) >= 11 is 0. The molecule has 2 aromatic carbocycles. The molecular formula is C18H12N2O6. The summed E-state index contributed by atoms with van der Waals surface area (Å²) in [7, 11) is 0. The fourth-order valence-corrected chi connectivity index (χ4v) is 3.00. The number of nitrogens with one attached hydrogen (secondary N) is 1. The molecule has 8 heteroatoms. The van der Waals surface area contributed by atoms with Crippen LogP contribution < -0.4 is 24.3 Å². The van der Waals surface area contributed by atoms with Crippen LogP contribution in [0.15, 0.2) is 36.5 Å². The van der Waals surface area contributed by atoms with E-state index in [0.29, 0.717) is 45.3 Å². The molecule has 5 rings (SSSR count). The zero-order valence-corrected chi connectivity index (χ0v) is 13.3. The van der Waals surface area contributed by atoms with E-state index in [1.54, 1.807) is 30.3 Å². The Morgan fingerprint density at radius 3 is 2.42 bits per heavy atom. The monoisotopic (exact) mass is 352 g/mol. The number of carboxylic acids is 1. The molecule has 0 fully saturated rings. The number of anilines is 2. The second-order valence-corrected chi connectivity index (χ2v) is 5.77. The highest BCUT2D eigenvalue weighted by molar-refractivity contribution is 6.06. The van der Waals surface area contributed by atoms with Crippen molar-refractivity contribution in [2.45, 2.75) is 0 Å². The molecule has 2 aliphatic rings. The maximum atomic E-state index is 11.7. The number of hydrogen-bond acceptors (Lipinski definition) is 7. The number of rotatable bonds is 3. The molecule has 1 aromatic heterocycles. The van der Waals surface area contributed by atoms with Crippen molar-refractivity contribution < 1.29 is 28.8 Å². The molecule has 0 spiro atoms. The predicted octanol–water partition coefficient (Wildman–Crippen LogP) is 3.13. The third-order valence-corrected chi connectivity index (χ3v) is 4.23. The zero-order chi connectivity index (χ0) is 17.7. The normalized spacial score (nSPS) is 13.8. The maximum absolute atomic E-state index is 11.7. The van der Waals surface area contributed by atoms with Crippen LogP contribution in [-0.2, 0) is 0 Å². The molecule has 0 saturated carbocycles. The van der Waals surface area contributed by atoms with E-state index in [2.05, 4.69) is 10.3 Å². The Morgan fingerprint density at radius 1 is 0.962 bits per heavy atom. The molecule has 3 aromatic rings. The summed E-state index contributed by atoms with van der Waals surface area (Å²) in [6.45, 7) is 0.295. The van der Waals surface area contributed by atoms with Crippen LogP contribution >= 0.6 is 0 Å².